The summed E-state index contributed by atoms with van der Waals surface area (Å²) in [5.74, 6) is -1.31. The van der Waals surface area contributed by atoms with Crippen LogP contribution >= 0.6 is 0 Å². The monoisotopic (exact) mass is 267 g/mol. The van der Waals surface area contributed by atoms with Gasteiger partial charge in [0, 0.05) is 18.8 Å². The van der Waals surface area contributed by atoms with E-state index in [2.05, 4.69) is 5.10 Å². The fourth-order valence-corrected chi connectivity index (χ4v) is 1.88. The zero-order chi connectivity index (χ0) is 14.0. The molecule has 0 saturated carbocycles. The van der Waals surface area contributed by atoms with Gasteiger partial charge < -0.3 is 14.7 Å². The molecule has 1 saturated heterocycles. The fourth-order valence-electron chi connectivity index (χ4n) is 1.88. The van der Waals surface area contributed by atoms with Crippen molar-refractivity contribution < 1.29 is 19.4 Å². The Morgan fingerprint density at radius 2 is 2.26 bits per heavy atom. The molecule has 7 nitrogen and oxygen atoms in total. The van der Waals surface area contributed by atoms with Crippen molar-refractivity contribution in [3.05, 3.63) is 18.0 Å². The van der Waals surface area contributed by atoms with Crippen LogP contribution in [0.2, 0.25) is 0 Å². The van der Waals surface area contributed by atoms with E-state index < -0.39 is 12.1 Å². The molecule has 7 heteroatoms. The van der Waals surface area contributed by atoms with E-state index in [0.29, 0.717) is 12.2 Å². The highest BCUT2D eigenvalue weighted by atomic mass is 16.5. The SMILES string of the molecule is CC(C)n1ccc(C(=O)N2CCOC(C(=O)O)C2)n1. The lowest BCUT2D eigenvalue weighted by Crippen LogP contribution is -2.48. The Balaban J connectivity index is 2.08. The number of carbonyl (C=O) groups is 2. The van der Waals surface area contributed by atoms with Gasteiger partial charge in [-0.25, -0.2) is 4.79 Å². The maximum Gasteiger partial charge on any atom is 0.334 e. The third-order valence-electron chi connectivity index (χ3n) is 2.99. The lowest BCUT2D eigenvalue weighted by molar-refractivity contribution is -0.154. The summed E-state index contributed by atoms with van der Waals surface area (Å²) in [5, 5.41) is 13.1. The van der Waals surface area contributed by atoms with Crippen molar-refractivity contribution >= 4 is 11.9 Å². The van der Waals surface area contributed by atoms with Crippen LogP contribution in [0.25, 0.3) is 0 Å². The van der Waals surface area contributed by atoms with Crippen molar-refractivity contribution in [3.63, 3.8) is 0 Å². The topological polar surface area (TPSA) is 84.7 Å². The quantitative estimate of drug-likeness (QED) is 0.856. The predicted octanol–water partition coefficient (Wildman–Crippen LogP) is 0.390. The average molecular weight is 267 g/mol. The minimum Gasteiger partial charge on any atom is -0.479 e. The number of carboxylic acids is 1. The number of ether oxygens (including phenoxy) is 1. The standard InChI is InChI=1S/C12H17N3O4/c1-8(2)15-4-3-9(13-15)11(16)14-5-6-19-10(7-14)12(17)18/h3-4,8,10H,5-7H2,1-2H3,(H,17,18). The van der Waals surface area contributed by atoms with Gasteiger partial charge in [-0.1, -0.05) is 0 Å². The van der Waals surface area contributed by atoms with Gasteiger partial charge in [-0.2, -0.15) is 5.10 Å². The molecule has 0 spiro atoms. The number of aromatic nitrogens is 2. The van der Waals surface area contributed by atoms with E-state index in [-0.39, 0.29) is 25.1 Å². The van der Waals surface area contributed by atoms with Crippen molar-refractivity contribution in [1.82, 2.24) is 14.7 Å². The molecule has 1 aromatic rings. The molecular weight excluding hydrogens is 250 g/mol. The van der Waals surface area contributed by atoms with E-state index in [9.17, 15) is 9.59 Å². The molecule has 0 aliphatic carbocycles. The molecule has 104 valence electrons. The molecule has 1 aliphatic heterocycles. The van der Waals surface area contributed by atoms with Crippen LogP contribution in [0.3, 0.4) is 0 Å². The number of aliphatic carboxylic acids is 1. The second-order valence-electron chi connectivity index (χ2n) is 4.72. The van der Waals surface area contributed by atoms with Crippen LogP contribution in [0.5, 0.6) is 0 Å². The summed E-state index contributed by atoms with van der Waals surface area (Å²) >= 11 is 0. The van der Waals surface area contributed by atoms with Crippen LogP contribution < -0.4 is 0 Å². The average Bonchev–Trinajstić information content (AvgIpc) is 2.87. The lowest BCUT2D eigenvalue weighted by Gasteiger charge is -2.30. The molecule has 1 atom stereocenters. The van der Waals surface area contributed by atoms with Crippen LogP contribution in [-0.2, 0) is 9.53 Å². The normalized spacial score (nSPS) is 19.7. The van der Waals surface area contributed by atoms with Gasteiger partial charge in [0.1, 0.15) is 5.69 Å². The molecule has 1 aromatic heterocycles. The Labute approximate surface area is 110 Å². The smallest absolute Gasteiger partial charge is 0.334 e. The first kappa shape index (κ1) is 13.5. The summed E-state index contributed by atoms with van der Waals surface area (Å²) < 4.78 is 6.78. The number of hydrogen-bond acceptors (Lipinski definition) is 4. The highest BCUT2D eigenvalue weighted by molar-refractivity contribution is 5.92. The highest BCUT2D eigenvalue weighted by Crippen LogP contribution is 2.11. The minimum atomic E-state index is -1.05. The van der Waals surface area contributed by atoms with Crippen LogP contribution in [0.4, 0.5) is 0 Å². The van der Waals surface area contributed by atoms with E-state index in [4.69, 9.17) is 9.84 Å². The first-order chi connectivity index (χ1) is 8.99. The van der Waals surface area contributed by atoms with Gasteiger partial charge >= 0.3 is 5.97 Å². The molecule has 1 N–H and O–H groups in total. The van der Waals surface area contributed by atoms with Gasteiger partial charge in [0.2, 0.25) is 0 Å². The third kappa shape index (κ3) is 2.93. The number of morpholine rings is 1. The van der Waals surface area contributed by atoms with Crippen molar-refractivity contribution in [2.45, 2.75) is 26.0 Å². The summed E-state index contributed by atoms with van der Waals surface area (Å²) in [7, 11) is 0. The first-order valence-corrected chi connectivity index (χ1v) is 6.18. The number of rotatable bonds is 3. The highest BCUT2D eigenvalue weighted by Gasteiger charge is 2.30. The second-order valence-corrected chi connectivity index (χ2v) is 4.72. The van der Waals surface area contributed by atoms with Crippen molar-refractivity contribution in [3.8, 4) is 0 Å². The number of nitrogens with zero attached hydrogens (tertiary/aromatic N) is 3. The van der Waals surface area contributed by atoms with E-state index in [1.807, 2.05) is 13.8 Å². The molecule has 1 amide bonds. The van der Waals surface area contributed by atoms with Gasteiger partial charge in [-0.15, -0.1) is 0 Å². The van der Waals surface area contributed by atoms with Gasteiger partial charge in [0.05, 0.1) is 13.2 Å². The zero-order valence-corrected chi connectivity index (χ0v) is 10.9. The molecule has 1 aliphatic rings. The maximum absolute atomic E-state index is 12.2. The Morgan fingerprint density at radius 3 is 2.84 bits per heavy atom. The van der Waals surface area contributed by atoms with Crippen LogP contribution in [0, 0.1) is 0 Å². The Morgan fingerprint density at radius 1 is 1.53 bits per heavy atom. The van der Waals surface area contributed by atoms with Gasteiger partial charge in [0.15, 0.2) is 6.10 Å². The molecule has 19 heavy (non-hydrogen) atoms. The van der Waals surface area contributed by atoms with Gasteiger partial charge in [-0.3, -0.25) is 9.48 Å². The molecule has 1 fully saturated rings. The predicted molar refractivity (Wildman–Crippen MR) is 65.9 cm³/mol. The third-order valence-corrected chi connectivity index (χ3v) is 2.99. The van der Waals surface area contributed by atoms with Crippen LogP contribution in [0.1, 0.15) is 30.4 Å². The largest absolute Gasteiger partial charge is 0.479 e. The van der Waals surface area contributed by atoms with Crippen LogP contribution in [0.15, 0.2) is 12.3 Å². The van der Waals surface area contributed by atoms with Crippen molar-refractivity contribution in [2.75, 3.05) is 19.7 Å². The molecule has 0 radical (unpaired) electrons. The molecule has 2 heterocycles. The summed E-state index contributed by atoms with van der Waals surface area (Å²) in [5.41, 5.74) is 0.333. The van der Waals surface area contributed by atoms with Crippen molar-refractivity contribution in [1.29, 1.82) is 0 Å². The fraction of sp³-hybridized carbons (Fsp3) is 0.583. The van der Waals surface area contributed by atoms with Crippen LogP contribution in [-0.4, -0.2) is 57.5 Å². The molecule has 1 unspecified atom stereocenters. The summed E-state index contributed by atoms with van der Waals surface area (Å²) in [6, 6.07) is 1.83. The Bertz CT molecular complexity index is 483. The van der Waals surface area contributed by atoms with E-state index in [1.165, 1.54) is 4.90 Å². The Hall–Kier alpha value is -1.89. The van der Waals surface area contributed by atoms with Crippen molar-refractivity contribution in [2.24, 2.45) is 0 Å². The number of amides is 1. The molecular formula is C12H17N3O4. The lowest BCUT2D eigenvalue weighted by atomic mass is 10.2. The first-order valence-electron chi connectivity index (χ1n) is 6.18. The Kier molecular flexibility index (Phi) is 3.84. The molecule has 0 aromatic carbocycles. The molecule has 2 rings (SSSR count). The maximum atomic E-state index is 12.2. The number of carbonyl (C=O) groups excluding carboxylic acids is 1. The minimum absolute atomic E-state index is 0.0582. The summed E-state index contributed by atoms with van der Waals surface area (Å²) in [6.45, 7) is 4.61. The molecule has 0 bridgehead atoms. The zero-order valence-electron chi connectivity index (χ0n) is 10.9. The number of hydrogen-bond donors (Lipinski definition) is 1. The summed E-state index contributed by atoms with van der Waals surface area (Å²) in [6.07, 6.45) is 0.789. The van der Waals surface area contributed by atoms with E-state index in [0.717, 1.165) is 0 Å². The van der Waals surface area contributed by atoms with Gasteiger partial charge in [0.25, 0.3) is 5.91 Å². The number of carboxylic acid groups (broad SMARTS) is 1. The van der Waals surface area contributed by atoms with E-state index in [1.54, 1.807) is 16.9 Å². The second kappa shape index (κ2) is 5.40. The van der Waals surface area contributed by atoms with Gasteiger partial charge in [-0.05, 0) is 19.9 Å². The summed E-state index contributed by atoms with van der Waals surface area (Å²) in [4.78, 5) is 24.5. The van der Waals surface area contributed by atoms with E-state index >= 15 is 0 Å².